The van der Waals surface area contributed by atoms with Crippen LogP contribution in [0.2, 0.25) is 0 Å². The van der Waals surface area contributed by atoms with E-state index in [9.17, 15) is 4.79 Å². The minimum Gasteiger partial charge on any atom is -0.459 e. The van der Waals surface area contributed by atoms with E-state index in [1.165, 1.54) is 0 Å². The first-order valence-corrected chi connectivity index (χ1v) is 9.60. The number of ether oxygens (including phenoxy) is 1. The van der Waals surface area contributed by atoms with Crippen LogP contribution in [0.3, 0.4) is 0 Å². The third-order valence-corrected chi connectivity index (χ3v) is 5.99. The molecule has 0 N–H and O–H groups in total. The standard InChI is InChI=1S/C21H27N3O3/c1-16-7-10-27-19(16)20(25)24-14-21(15-24)11-17(6-9-23(21)2)12-26-13-18-5-3-4-8-22-18/h3-5,7-8,10,17H,6,9,11-15H2,1-2H3/t17-/m1/s1. The number of furan rings is 1. The summed E-state index contributed by atoms with van der Waals surface area (Å²) in [7, 11) is 2.17. The highest BCUT2D eigenvalue weighted by Crippen LogP contribution is 2.39. The van der Waals surface area contributed by atoms with Crippen molar-refractivity contribution >= 4 is 5.91 Å². The van der Waals surface area contributed by atoms with Gasteiger partial charge in [-0.05, 0) is 57.5 Å². The molecule has 144 valence electrons. The molecule has 1 spiro atoms. The largest absolute Gasteiger partial charge is 0.459 e. The number of likely N-dealkylation sites (tertiary alicyclic amines) is 2. The molecule has 4 heterocycles. The molecule has 2 saturated heterocycles. The number of hydrogen-bond acceptors (Lipinski definition) is 5. The van der Waals surface area contributed by atoms with Crippen LogP contribution in [0.15, 0.2) is 41.1 Å². The summed E-state index contributed by atoms with van der Waals surface area (Å²) in [4.78, 5) is 21.3. The first-order chi connectivity index (χ1) is 13.1. The zero-order valence-corrected chi connectivity index (χ0v) is 16.1. The predicted octanol–water partition coefficient (Wildman–Crippen LogP) is 2.74. The number of pyridine rings is 1. The van der Waals surface area contributed by atoms with Gasteiger partial charge < -0.3 is 14.1 Å². The molecule has 2 aliphatic rings. The Balaban J connectivity index is 1.31. The Bertz CT molecular complexity index is 783. The van der Waals surface area contributed by atoms with Crippen molar-refractivity contribution in [3.8, 4) is 0 Å². The molecule has 1 atom stereocenters. The van der Waals surface area contributed by atoms with E-state index in [1.54, 1.807) is 12.5 Å². The topological polar surface area (TPSA) is 58.8 Å². The van der Waals surface area contributed by atoms with Crippen molar-refractivity contribution in [2.24, 2.45) is 5.92 Å². The van der Waals surface area contributed by atoms with Gasteiger partial charge in [-0.3, -0.25) is 14.7 Å². The molecule has 4 rings (SSSR count). The molecule has 0 radical (unpaired) electrons. The number of piperidine rings is 1. The Labute approximate surface area is 160 Å². The van der Waals surface area contributed by atoms with E-state index in [4.69, 9.17) is 9.15 Å². The van der Waals surface area contributed by atoms with Crippen LogP contribution in [0.25, 0.3) is 0 Å². The number of amides is 1. The van der Waals surface area contributed by atoms with Gasteiger partial charge in [0.1, 0.15) is 0 Å². The highest BCUT2D eigenvalue weighted by molar-refractivity contribution is 5.93. The summed E-state index contributed by atoms with van der Waals surface area (Å²) in [6, 6.07) is 7.72. The van der Waals surface area contributed by atoms with Crippen molar-refractivity contribution < 1.29 is 13.9 Å². The third kappa shape index (κ3) is 3.64. The van der Waals surface area contributed by atoms with Crippen LogP contribution in [0.5, 0.6) is 0 Å². The minimum absolute atomic E-state index is 0.00468. The molecule has 27 heavy (non-hydrogen) atoms. The Morgan fingerprint density at radius 2 is 2.22 bits per heavy atom. The molecular formula is C21H27N3O3. The van der Waals surface area contributed by atoms with E-state index in [0.29, 0.717) is 18.3 Å². The van der Waals surface area contributed by atoms with E-state index in [-0.39, 0.29) is 11.4 Å². The number of nitrogens with zero attached hydrogens (tertiary/aromatic N) is 3. The maximum absolute atomic E-state index is 12.6. The van der Waals surface area contributed by atoms with Gasteiger partial charge in [-0.2, -0.15) is 0 Å². The van der Waals surface area contributed by atoms with Crippen molar-refractivity contribution in [2.45, 2.75) is 31.9 Å². The lowest BCUT2D eigenvalue weighted by Crippen LogP contribution is -2.72. The molecule has 6 nitrogen and oxygen atoms in total. The second-order valence-corrected chi connectivity index (χ2v) is 7.93. The Morgan fingerprint density at radius 3 is 2.93 bits per heavy atom. The Morgan fingerprint density at radius 1 is 1.37 bits per heavy atom. The molecule has 1 amide bonds. The van der Waals surface area contributed by atoms with Gasteiger partial charge in [0.05, 0.1) is 30.7 Å². The molecule has 0 aliphatic carbocycles. The van der Waals surface area contributed by atoms with E-state index in [2.05, 4.69) is 16.9 Å². The van der Waals surface area contributed by atoms with E-state index >= 15 is 0 Å². The molecule has 0 aromatic carbocycles. The lowest BCUT2D eigenvalue weighted by atomic mass is 9.75. The fraction of sp³-hybridized carbons (Fsp3) is 0.524. The molecular weight excluding hydrogens is 342 g/mol. The zero-order chi connectivity index (χ0) is 18.9. The van der Waals surface area contributed by atoms with Crippen molar-refractivity contribution in [3.63, 3.8) is 0 Å². The summed E-state index contributed by atoms with van der Waals surface area (Å²) < 4.78 is 11.3. The lowest BCUT2D eigenvalue weighted by Gasteiger charge is -2.58. The van der Waals surface area contributed by atoms with Crippen LogP contribution < -0.4 is 0 Å². The summed E-state index contributed by atoms with van der Waals surface area (Å²) in [6.45, 7) is 5.78. The Kier molecular flexibility index (Phi) is 5.02. The molecule has 0 bridgehead atoms. The van der Waals surface area contributed by atoms with Crippen molar-refractivity contribution in [2.75, 3.05) is 33.3 Å². The quantitative estimate of drug-likeness (QED) is 0.811. The fourth-order valence-corrected chi connectivity index (χ4v) is 4.28. The van der Waals surface area contributed by atoms with E-state index < -0.39 is 0 Å². The number of carbonyl (C=O) groups is 1. The third-order valence-electron chi connectivity index (χ3n) is 5.99. The first-order valence-electron chi connectivity index (χ1n) is 9.60. The maximum atomic E-state index is 12.6. The average molecular weight is 369 g/mol. The van der Waals surface area contributed by atoms with E-state index in [1.807, 2.05) is 36.1 Å². The summed E-state index contributed by atoms with van der Waals surface area (Å²) in [6.07, 6.45) is 5.57. The summed E-state index contributed by atoms with van der Waals surface area (Å²) in [5.41, 5.74) is 1.95. The number of rotatable bonds is 5. The molecule has 2 fully saturated rings. The first kappa shape index (κ1) is 18.2. The monoisotopic (exact) mass is 369 g/mol. The van der Waals surface area contributed by atoms with Gasteiger partial charge in [0.25, 0.3) is 5.91 Å². The molecule has 2 aliphatic heterocycles. The van der Waals surface area contributed by atoms with Crippen LogP contribution in [-0.2, 0) is 11.3 Å². The zero-order valence-electron chi connectivity index (χ0n) is 16.1. The van der Waals surface area contributed by atoms with Gasteiger partial charge in [-0.1, -0.05) is 6.07 Å². The van der Waals surface area contributed by atoms with Crippen molar-refractivity contribution in [1.29, 1.82) is 0 Å². The van der Waals surface area contributed by atoms with Gasteiger partial charge in [0.15, 0.2) is 5.76 Å². The fourth-order valence-electron chi connectivity index (χ4n) is 4.28. The molecule has 2 aromatic heterocycles. The molecule has 0 saturated carbocycles. The van der Waals surface area contributed by atoms with Crippen LogP contribution >= 0.6 is 0 Å². The smallest absolute Gasteiger partial charge is 0.289 e. The van der Waals surface area contributed by atoms with Gasteiger partial charge in [-0.25, -0.2) is 0 Å². The minimum atomic E-state index is 0.00468. The maximum Gasteiger partial charge on any atom is 0.289 e. The highest BCUT2D eigenvalue weighted by Gasteiger charge is 2.51. The normalized spacial score (nSPS) is 22.0. The summed E-state index contributed by atoms with van der Waals surface area (Å²) in [5.74, 6) is 0.996. The average Bonchev–Trinajstić information content (AvgIpc) is 3.07. The predicted molar refractivity (Wildman–Crippen MR) is 101 cm³/mol. The summed E-state index contributed by atoms with van der Waals surface area (Å²) >= 11 is 0. The van der Waals surface area contributed by atoms with Gasteiger partial charge >= 0.3 is 0 Å². The summed E-state index contributed by atoms with van der Waals surface area (Å²) in [5, 5.41) is 0. The second kappa shape index (κ2) is 7.44. The SMILES string of the molecule is Cc1ccoc1C(=O)N1CC2(C[C@H](COCc3ccccn3)CCN2C)C1. The molecule has 0 unspecified atom stereocenters. The van der Waals surface area contributed by atoms with Gasteiger partial charge in [-0.15, -0.1) is 0 Å². The Hall–Kier alpha value is -2.18. The second-order valence-electron chi connectivity index (χ2n) is 7.93. The van der Waals surface area contributed by atoms with Crippen LogP contribution in [0, 0.1) is 12.8 Å². The highest BCUT2D eigenvalue weighted by atomic mass is 16.5. The van der Waals surface area contributed by atoms with Crippen molar-refractivity contribution in [3.05, 3.63) is 53.7 Å². The molecule has 2 aromatic rings. The van der Waals surface area contributed by atoms with Gasteiger partial charge in [0, 0.05) is 24.8 Å². The van der Waals surface area contributed by atoms with Crippen LogP contribution in [-0.4, -0.2) is 59.5 Å². The molecule has 6 heteroatoms. The van der Waals surface area contributed by atoms with Crippen molar-refractivity contribution in [1.82, 2.24) is 14.8 Å². The number of aromatic nitrogens is 1. The van der Waals surface area contributed by atoms with E-state index in [0.717, 1.165) is 50.3 Å². The number of hydrogen-bond donors (Lipinski definition) is 0. The number of likely N-dealkylation sites (N-methyl/N-ethyl adjacent to an activating group) is 1. The van der Waals surface area contributed by atoms with Crippen LogP contribution in [0.1, 0.15) is 34.7 Å². The lowest BCUT2D eigenvalue weighted by molar-refractivity contribution is -0.0776. The number of aryl methyl sites for hydroxylation is 1. The van der Waals surface area contributed by atoms with Gasteiger partial charge in [0.2, 0.25) is 0 Å². The number of carbonyl (C=O) groups excluding carboxylic acids is 1. The van der Waals surface area contributed by atoms with Crippen LogP contribution in [0.4, 0.5) is 0 Å².